The first kappa shape index (κ1) is 13.7. The van der Waals surface area contributed by atoms with Crippen molar-refractivity contribution in [3.63, 3.8) is 0 Å². The minimum atomic E-state index is -0.732. The second-order valence-corrected chi connectivity index (χ2v) is 6.39. The van der Waals surface area contributed by atoms with E-state index in [0.29, 0.717) is 25.7 Å². The van der Waals surface area contributed by atoms with E-state index in [9.17, 15) is 9.59 Å². The lowest BCUT2D eigenvalue weighted by Crippen LogP contribution is -2.29. The molecule has 0 bridgehead atoms. The van der Waals surface area contributed by atoms with Crippen LogP contribution in [0, 0.1) is 11.8 Å². The Kier molecular flexibility index (Phi) is 4.92. The lowest BCUT2D eigenvalue weighted by Gasteiger charge is -2.27. The van der Waals surface area contributed by atoms with Crippen LogP contribution in [0.2, 0.25) is 0 Å². The smallest absolute Gasteiger partial charge is 0.310 e. The second kappa shape index (κ2) is 6.45. The van der Waals surface area contributed by atoms with Crippen LogP contribution < -0.4 is 0 Å². The Labute approximate surface area is 111 Å². The Hall–Kier alpha value is -0.710. The summed E-state index contributed by atoms with van der Waals surface area (Å²) in [6.45, 7) is 0. The van der Waals surface area contributed by atoms with Gasteiger partial charge >= 0.3 is 11.9 Å². The van der Waals surface area contributed by atoms with Crippen LogP contribution in [0.5, 0.6) is 0 Å². The van der Waals surface area contributed by atoms with Crippen LogP contribution in [0.1, 0.15) is 44.9 Å². The highest BCUT2D eigenvalue weighted by molar-refractivity contribution is 7.99. The third kappa shape index (κ3) is 3.64. The van der Waals surface area contributed by atoms with Gasteiger partial charge in [0.05, 0.1) is 11.8 Å². The summed E-state index contributed by atoms with van der Waals surface area (Å²) >= 11 is 1.72. The van der Waals surface area contributed by atoms with Crippen molar-refractivity contribution in [2.75, 3.05) is 5.75 Å². The molecular formula is C13H20O4S. The Morgan fingerprint density at radius 2 is 1.67 bits per heavy atom. The minimum absolute atomic E-state index is 0.0310. The normalized spacial score (nSPS) is 32.8. The number of carbonyl (C=O) groups excluding carboxylic acids is 1. The molecule has 1 saturated carbocycles. The molecule has 1 aliphatic carbocycles. The van der Waals surface area contributed by atoms with Crippen molar-refractivity contribution in [1.29, 1.82) is 0 Å². The van der Waals surface area contributed by atoms with Crippen molar-refractivity contribution in [3.05, 3.63) is 0 Å². The number of aliphatic carboxylic acids is 1. The van der Waals surface area contributed by atoms with Gasteiger partial charge in [0.25, 0.3) is 0 Å². The standard InChI is InChI=1S/C13H20O4S/c14-12(15)9-4-6-10(7-5-9)13(16)17-11-3-1-2-8-18-11/h9-11H,1-8H2,(H,14,15). The fourth-order valence-electron chi connectivity index (χ4n) is 2.61. The maximum Gasteiger partial charge on any atom is 0.310 e. The summed E-state index contributed by atoms with van der Waals surface area (Å²) in [7, 11) is 0. The van der Waals surface area contributed by atoms with Crippen LogP contribution in [-0.2, 0) is 14.3 Å². The molecule has 0 radical (unpaired) electrons. The molecule has 0 spiro atoms. The Balaban J connectivity index is 1.75. The molecule has 18 heavy (non-hydrogen) atoms. The fourth-order valence-corrected chi connectivity index (χ4v) is 3.74. The zero-order valence-corrected chi connectivity index (χ0v) is 11.3. The number of hydrogen-bond donors (Lipinski definition) is 1. The van der Waals surface area contributed by atoms with Gasteiger partial charge in [0.1, 0.15) is 5.44 Å². The Morgan fingerprint density at radius 3 is 2.22 bits per heavy atom. The maximum atomic E-state index is 12.0. The second-order valence-electron chi connectivity index (χ2n) is 5.12. The molecule has 1 N–H and O–H groups in total. The topological polar surface area (TPSA) is 63.6 Å². The van der Waals surface area contributed by atoms with Gasteiger partial charge in [-0.1, -0.05) is 0 Å². The van der Waals surface area contributed by atoms with E-state index in [-0.39, 0.29) is 23.2 Å². The predicted molar refractivity (Wildman–Crippen MR) is 69.3 cm³/mol. The highest BCUT2D eigenvalue weighted by Gasteiger charge is 2.32. The lowest BCUT2D eigenvalue weighted by atomic mass is 9.82. The van der Waals surface area contributed by atoms with E-state index in [2.05, 4.69) is 0 Å². The lowest BCUT2D eigenvalue weighted by molar-refractivity contribution is -0.154. The zero-order chi connectivity index (χ0) is 13.0. The largest absolute Gasteiger partial charge is 0.481 e. The molecule has 1 heterocycles. The molecule has 1 aliphatic heterocycles. The molecule has 2 fully saturated rings. The van der Waals surface area contributed by atoms with Gasteiger partial charge in [-0.05, 0) is 50.7 Å². The molecule has 1 atom stereocenters. The van der Waals surface area contributed by atoms with Crippen molar-refractivity contribution in [1.82, 2.24) is 0 Å². The van der Waals surface area contributed by atoms with Crippen LogP contribution in [-0.4, -0.2) is 28.2 Å². The van der Waals surface area contributed by atoms with Gasteiger partial charge in [-0.2, -0.15) is 0 Å². The summed E-state index contributed by atoms with van der Waals surface area (Å²) in [6.07, 6.45) is 5.83. The zero-order valence-electron chi connectivity index (χ0n) is 10.5. The van der Waals surface area contributed by atoms with Gasteiger partial charge in [0, 0.05) is 0 Å². The molecular weight excluding hydrogens is 252 g/mol. The van der Waals surface area contributed by atoms with E-state index in [0.717, 1.165) is 18.6 Å². The number of ether oxygens (including phenoxy) is 1. The third-order valence-corrected chi connectivity index (χ3v) is 5.02. The molecule has 2 aliphatic rings. The van der Waals surface area contributed by atoms with Crippen molar-refractivity contribution >= 4 is 23.7 Å². The van der Waals surface area contributed by atoms with Crippen molar-refractivity contribution < 1.29 is 19.4 Å². The van der Waals surface area contributed by atoms with Gasteiger partial charge in [-0.15, -0.1) is 11.8 Å². The van der Waals surface area contributed by atoms with Gasteiger partial charge in [0.2, 0.25) is 0 Å². The fraction of sp³-hybridized carbons (Fsp3) is 0.846. The molecule has 2 rings (SSSR count). The van der Waals surface area contributed by atoms with Gasteiger partial charge < -0.3 is 9.84 Å². The summed E-state index contributed by atoms with van der Waals surface area (Å²) in [6, 6.07) is 0. The van der Waals surface area contributed by atoms with Gasteiger partial charge in [-0.3, -0.25) is 9.59 Å². The molecule has 0 aromatic heterocycles. The first-order valence-electron chi connectivity index (χ1n) is 6.71. The molecule has 102 valence electrons. The first-order valence-corrected chi connectivity index (χ1v) is 7.76. The van der Waals surface area contributed by atoms with E-state index in [4.69, 9.17) is 9.84 Å². The van der Waals surface area contributed by atoms with E-state index in [1.165, 1.54) is 6.42 Å². The average molecular weight is 272 g/mol. The van der Waals surface area contributed by atoms with Crippen LogP contribution in [0.15, 0.2) is 0 Å². The van der Waals surface area contributed by atoms with E-state index in [1.54, 1.807) is 11.8 Å². The summed E-state index contributed by atoms with van der Waals surface area (Å²) in [4.78, 5) is 22.8. The molecule has 1 unspecified atom stereocenters. The first-order chi connectivity index (χ1) is 8.66. The number of carboxylic acid groups (broad SMARTS) is 1. The highest BCUT2D eigenvalue weighted by Crippen LogP contribution is 2.32. The van der Waals surface area contributed by atoms with E-state index >= 15 is 0 Å². The number of rotatable bonds is 3. The average Bonchev–Trinajstić information content (AvgIpc) is 2.40. The van der Waals surface area contributed by atoms with Crippen LogP contribution in [0.25, 0.3) is 0 Å². The van der Waals surface area contributed by atoms with Crippen molar-refractivity contribution in [2.45, 2.75) is 50.4 Å². The van der Waals surface area contributed by atoms with E-state index in [1.807, 2.05) is 0 Å². The predicted octanol–water partition coefficient (Wildman–Crippen LogP) is 2.66. The summed E-state index contributed by atoms with van der Waals surface area (Å²) in [5, 5.41) is 8.90. The number of esters is 1. The van der Waals surface area contributed by atoms with Crippen molar-refractivity contribution in [2.24, 2.45) is 11.8 Å². The van der Waals surface area contributed by atoms with Crippen LogP contribution >= 0.6 is 11.8 Å². The number of hydrogen-bond acceptors (Lipinski definition) is 4. The quantitative estimate of drug-likeness (QED) is 0.800. The van der Waals surface area contributed by atoms with Crippen LogP contribution in [0.4, 0.5) is 0 Å². The van der Waals surface area contributed by atoms with E-state index < -0.39 is 5.97 Å². The molecule has 5 heteroatoms. The molecule has 1 saturated heterocycles. The third-order valence-electron chi connectivity index (χ3n) is 3.80. The van der Waals surface area contributed by atoms with Crippen molar-refractivity contribution in [3.8, 4) is 0 Å². The van der Waals surface area contributed by atoms with Gasteiger partial charge in [0.15, 0.2) is 0 Å². The summed E-state index contributed by atoms with van der Waals surface area (Å²) in [5.74, 6) is -0.118. The maximum absolute atomic E-state index is 12.0. The number of thioether (sulfide) groups is 1. The monoisotopic (exact) mass is 272 g/mol. The molecule has 0 aromatic carbocycles. The Morgan fingerprint density at radius 1 is 1.00 bits per heavy atom. The summed E-state index contributed by atoms with van der Waals surface area (Å²) < 4.78 is 5.50. The minimum Gasteiger partial charge on any atom is -0.481 e. The van der Waals surface area contributed by atoms with Gasteiger partial charge in [-0.25, -0.2) is 0 Å². The molecule has 0 amide bonds. The number of carbonyl (C=O) groups is 2. The molecule has 0 aromatic rings. The summed E-state index contributed by atoms with van der Waals surface area (Å²) in [5.41, 5.74) is 0.0310. The SMILES string of the molecule is O=C(O)C1CCC(C(=O)OC2CCCCS2)CC1. The number of carboxylic acids is 1. The highest BCUT2D eigenvalue weighted by atomic mass is 32.2. The van der Waals surface area contributed by atoms with Crippen LogP contribution in [0.3, 0.4) is 0 Å². The Bertz CT molecular complexity index is 304. The molecule has 4 nitrogen and oxygen atoms in total.